The molecule has 112 valence electrons. The average molecular weight is 304 g/mol. The monoisotopic (exact) mass is 304 g/mol. The van der Waals surface area contributed by atoms with E-state index in [0.717, 1.165) is 18.4 Å². The summed E-state index contributed by atoms with van der Waals surface area (Å²) >= 11 is 0. The van der Waals surface area contributed by atoms with Crippen LogP contribution in [0.25, 0.3) is 0 Å². The molecule has 0 aromatic heterocycles. The molecule has 0 saturated heterocycles. The van der Waals surface area contributed by atoms with Gasteiger partial charge in [0, 0.05) is 12.8 Å². The zero-order valence-corrected chi connectivity index (χ0v) is 12.2. The van der Waals surface area contributed by atoms with Crippen molar-refractivity contribution in [3.63, 3.8) is 0 Å². The van der Waals surface area contributed by atoms with Gasteiger partial charge in [0.25, 0.3) is 0 Å². The molecule has 0 fully saturated rings. The quantitative estimate of drug-likeness (QED) is 0.708. The van der Waals surface area contributed by atoms with Crippen LogP contribution in [0.3, 0.4) is 0 Å². The number of aromatic carboxylic acids is 1. The van der Waals surface area contributed by atoms with Crippen LogP contribution in [0.2, 0.25) is 0 Å². The van der Waals surface area contributed by atoms with Crippen LogP contribution in [0.5, 0.6) is 0 Å². The second kappa shape index (κ2) is 5.28. The van der Waals surface area contributed by atoms with E-state index in [9.17, 15) is 17.6 Å². The number of hydrogen-bond donors (Lipinski definition) is 3. The van der Waals surface area contributed by atoms with E-state index >= 15 is 0 Å². The fourth-order valence-corrected chi connectivity index (χ4v) is 1.68. The molecular formula is C12H17FN2O4S. The van der Waals surface area contributed by atoms with Crippen molar-refractivity contribution in [2.24, 2.45) is 0 Å². The van der Waals surface area contributed by atoms with Crippen molar-refractivity contribution in [3.8, 4) is 0 Å². The lowest BCUT2D eigenvalue weighted by Gasteiger charge is -2.24. The molecular weight excluding hydrogens is 287 g/mol. The zero-order valence-electron chi connectivity index (χ0n) is 11.4. The number of sulfone groups is 1. The molecule has 0 aliphatic rings. The number of nitrogen functional groups attached to an aromatic ring is 1. The molecule has 1 rings (SSSR count). The van der Waals surface area contributed by atoms with E-state index in [4.69, 9.17) is 10.8 Å². The highest BCUT2D eigenvalue weighted by Crippen LogP contribution is 2.25. The number of halogens is 1. The second-order valence-corrected chi connectivity index (χ2v) is 7.76. The molecule has 0 atom stereocenters. The van der Waals surface area contributed by atoms with Crippen molar-refractivity contribution in [2.75, 3.05) is 23.9 Å². The lowest BCUT2D eigenvalue weighted by Crippen LogP contribution is -2.38. The molecule has 0 spiro atoms. The van der Waals surface area contributed by atoms with Crippen LogP contribution in [0, 0.1) is 5.82 Å². The van der Waals surface area contributed by atoms with E-state index in [2.05, 4.69) is 5.32 Å². The van der Waals surface area contributed by atoms with Gasteiger partial charge in [-0.05, 0) is 26.0 Å². The van der Waals surface area contributed by atoms with E-state index in [-0.39, 0.29) is 17.9 Å². The molecule has 0 bridgehead atoms. The highest BCUT2D eigenvalue weighted by Gasteiger charge is 2.30. The maximum atomic E-state index is 13.5. The third-order valence-electron chi connectivity index (χ3n) is 3.08. The van der Waals surface area contributed by atoms with Gasteiger partial charge in [0.2, 0.25) is 0 Å². The van der Waals surface area contributed by atoms with Crippen molar-refractivity contribution < 1.29 is 22.7 Å². The van der Waals surface area contributed by atoms with Gasteiger partial charge in [-0.1, -0.05) is 0 Å². The lowest BCUT2D eigenvalue weighted by atomic mass is 10.1. The number of carboxylic acid groups (broad SMARTS) is 1. The maximum Gasteiger partial charge on any atom is 0.338 e. The second-order valence-electron chi connectivity index (χ2n) is 5.11. The largest absolute Gasteiger partial charge is 0.478 e. The van der Waals surface area contributed by atoms with Crippen molar-refractivity contribution in [1.29, 1.82) is 0 Å². The Hall–Kier alpha value is -1.83. The molecule has 0 amide bonds. The Kier molecular flexibility index (Phi) is 4.28. The number of hydrogen-bond acceptors (Lipinski definition) is 5. The number of benzene rings is 1. The zero-order chi connectivity index (χ0) is 15.7. The number of rotatable bonds is 5. The Morgan fingerprint density at radius 2 is 2.00 bits per heavy atom. The Morgan fingerprint density at radius 1 is 1.45 bits per heavy atom. The Bertz CT molecular complexity index is 641. The summed E-state index contributed by atoms with van der Waals surface area (Å²) in [5.74, 6) is -2.36. The minimum Gasteiger partial charge on any atom is -0.478 e. The highest BCUT2D eigenvalue weighted by atomic mass is 32.2. The standard InChI is InChI=1S/C12H17FN2O4S/c1-12(2,20(3,18)19)6-15-10-5-8(13)7(11(16)17)4-9(10)14/h4-5,15H,6,14H2,1-3H3,(H,16,17). The third kappa shape index (κ3) is 3.38. The van der Waals surface area contributed by atoms with E-state index in [1.165, 1.54) is 13.8 Å². The molecule has 0 aliphatic heterocycles. The lowest BCUT2D eigenvalue weighted by molar-refractivity contribution is 0.0692. The summed E-state index contributed by atoms with van der Waals surface area (Å²) in [6.45, 7) is 3.06. The van der Waals surface area contributed by atoms with Crippen LogP contribution in [-0.4, -0.2) is 37.0 Å². The Morgan fingerprint density at radius 3 is 2.45 bits per heavy atom. The van der Waals surface area contributed by atoms with Crippen LogP contribution >= 0.6 is 0 Å². The van der Waals surface area contributed by atoms with Crippen LogP contribution < -0.4 is 11.1 Å². The summed E-state index contributed by atoms with van der Waals surface area (Å²) in [4.78, 5) is 10.7. The molecule has 0 radical (unpaired) electrons. The van der Waals surface area contributed by atoms with Crippen LogP contribution in [0.4, 0.5) is 15.8 Å². The fourth-order valence-electron chi connectivity index (χ4n) is 1.35. The van der Waals surface area contributed by atoms with Gasteiger partial charge >= 0.3 is 5.97 Å². The first-order chi connectivity index (χ1) is 8.95. The van der Waals surface area contributed by atoms with E-state index in [1.807, 2.05) is 0 Å². The van der Waals surface area contributed by atoms with Crippen molar-refractivity contribution in [2.45, 2.75) is 18.6 Å². The molecule has 0 saturated carbocycles. The van der Waals surface area contributed by atoms with Gasteiger partial charge in [-0.2, -0.15) is 0 Å². The summed E-state index contributed by atoms with van der Waals surface area (Å²) in [7, 11) is -3.31. The molecule has 20 heavy (non-hydrogen) atoms. The molecule has 1 aromatic carbocycles. The summed E-state index contributed by atoms with van der Waals surface area (Å²) in [6, 6.07) is 1.94. The molecule has 1 aromatic rings. The SMILES string of the molecule is CC(C)(CNc1cc(F)c(C(=O)O)cc1N)S(C)(=O)=O. The number of anilines is 2. The first-order valence-corrected chi connectivity index (χ1v) is 7.60. The molecule has 0 unspecified atom stereocenters. The number of carbonyl (C=O) groups is 1. The minimum atomic E-state index is -3.31. The number of carboxylic acids is 1. The van der Waals surface area contributed by atoms with Crippen LogP contribution in [0.15, 0.2) is 12.1 Å². The summed E-state index contributed by atoms with van der Waals surface area (Å²) in [5.41, 5.74) is 5.28. The predicted octanol–water partition coefficient (Wildman–Crippen LogP) is 1.34. The predicted molar refractivity (Wildman–Crippen MR) is 75.2 cm³/mol. The Balaban J connectivity index is 3.01. The van der Waals surface area contributed by atoms with Gasteiger partial charge in [0.15, 0.2) is 9.84 Å². The summed E-state index contributed by atoms with van der Waals surface area (Å²) in [5, 5.41) is 11.5. The van der Waals surface area contributed by atoms with Crippen molar-refractivity contribution in [1.82, 2.24) is 0 Å². The fraction of sp³-hybridized carbons (Fsp3) is 0.417. The first kappa shape index (κ1) is 16.2. The normalized spacial score (nSPS) is 12.2. The summed E-state index contributed by atoms with van der Waals surface area (Å²) < 4.78 is 35.6. The smallest absolute Gasteiger partial charge is 0.338 e. The molecule has 8 heteroatoms. The third-order valence-corrected chi connectivity index (χ3v) is 5.23. The van der Waals surface area contributed by atoms with E-state index < -0.39 is 31.9 Å². The topological polar surface area (TPSA) is 109 Å². The molecule has 6 nitrogen and oxygen atoms in total. The van der Waals surface area contributed by atoms with Crippen molar-refractivity contribution in [3.05, 3.63) is 23.5 Å². The van der Waals surface area contributed by atoms with Crippen LogP contribution in [0.1, 0.15) is 24.2 Å². The van der Waals surface area contributed by atoms with Gasteiger partial charge in [-0.3, -0.25) is 0 Å². The highest BCUT2D eigenvalue weighted by molar-refractivity contribution is 7.92. The van der Waals surface area contributed by atoms with Gasteiger partial charge < -0.3 is 16.2 Å². The molecule has 4 N–H and O–H groups in total. The van der Waals surface area contributed by atoms with Gasteiger partial charge in [-0.15, -0.1) is 0 Å². The van der Waals surface area contributed by atoms with Gasteiger partial charge in [0.05, 0.1) is 21.7 Å². The number of nitrogens with two attached hydrogens (primary N) is 1. The van der Waals surface area contributed by atoms with Gasteiger partial charge in [-0.25, -0.2) is 17.6 Å². The first-order valence-electron chi connectivity index (χ1n) is 5.71. The van der Waals surface area contributed by atoms with Gasteiger partial charge in [0.1, 0.15) is 5.82 Å². The van der Waals surface area contributed by atoms with E-state index in [1.54, 1.807) is 0 Å². The van der Waals surface area contributed by atoms with Crippen LogP contribution in [-0.2, 0) is 9.84 Å². The Labute approximate surface area is 116 Å². The molecule has 0 aliphatic carbocycles. The summed E-state index contributed by atoms with van der Waals surface area (Å²) in [6.07, 6.45) is 1.10. The van der Waals surface area contributed by atoms with Crippen molar-refractivity contribution >= 4 is 27.2 Å². The minimum absolute atomic E-state index is 0.0158. The molecule has 0 heterocycles. The average Bonchev–Trinajstić information content (AvgIpc) is 2.28. The van der Waals surface area contributed by atoms with E-state index in [0.29, 0.717) is 0 Å². The maximum absolute atomic E-state index is 13.5. The number of nitrogens with one attached hydrogen (secondary N) is 1.